The molecular formula is C14H18N2O2. The molecule has 1 aromatic carbocycles. The van der Waals surface area contributed by atoms with E-state index < -0.39 is 0 Å². The van der Waals surface area contributed by atoms with Crippen LogP contribution in [0, 0.1) is 16.7 Å². The first-order chi connectivity index (χ1) is 8.78. The van der Waals surface area contributed by atoms with E-state index in [9.17, 15) is 5.11 Å². The summed E-state index contributed by atoms with van der Waals surface area (Å²) < 4.78 is 5.18. The van der Waals surface area contributed by atoms with Gasteiger partial charge < -0.3 is 15.2 Å². The monoisotopic (exact) mass is 246 g/mol. The number of nitriles is 1. The first kappa shape index (κ1) is 12.9. The molecule has 0 spiro atoms. The predicted molar refractivity (Wildman–Crippen MR) is 68.0 cm³/mol. The smallest absolute Gasteiger partial charge is 0.174 e. The lowest BCUT2D eigenvalue weighted by Crippen LogP contribution is -2.26. The molecule has 0 aromatic heterocycles. The van der Waals surface area contributed by atoms with Gasteiger partial charge >= 0.3 is 0 Å². The van der Waals surface area contributed by atoms with Crippen LogP contribution in [0.15, 0.2) is 24.3 Å². The summed E-state index contributed by atoms with van der Waals surface area (Å²) in [4.78, 5) is 0. The standard InChI is InChI=1S/C14H18N2O2/c15-7-8-18-13-3-1-12(2-4-13)9-16-10-14(11-17)5-6-14/h1-4,16-17H,5-6,8-11H2. The number of ether oxygens (including phenoxy) is 1. The average Bonchev–Trinajstić information content (AvgIpc) is 3.18. The van der Waals surface area contributed by atoms with Gasteiger partial charge in [-0.2, -0.15) is 5.26 Å². The number of hydrogen-bond acceptors (Lipinski definition) is 4. The molecule has 0 heterocycles. The van der Waals surface area contributed by atoms with Gasteiger partial charge in [-0.1, -0.05) is 12.1 Å². The Morgan fingerprint density at radius 2 is 2.06 bits per heavy atom. The summed E-state index contributed by atoms with van der Waals surface area (Å²) in [5.41, 5.74) is 1.32. The topological polar surface area (TPSA) is 65.3 Å². The highest BCUT2D eigenvalue weighted by molar-refractivity contribution is 5.27. The van der Waals surface area contributed by atoms with Crippen molar-refractivity contribution < 1.29 is 9.84 Å². The lowest BCUT2D eigenvalue weighted by atomic mass is 10.1. The third kappa shape index (κ3) is 3.46. The lowest BCUT2D eigenvalue weighted by Gasteiger charge is -2.12. The van der Waals surface area contributed by atoms with Crippen LogP contribution in [-0.4, -0.2) is 24.9 Å². The van der Waals surface area contributed by atoms with E-state index in [-0.39, 0.29) is 18.6 Å². The van der Waals surface area contributed by atoms with Gasteiger partial charge in [0.1, 0.15) is 11.8 Å². The van der Waals surface area contributed by atoms with Crippen LogP contribution in [0.4, 0.5) is 0 Å². The van der Waals surface area contributed by atoms with Gasteiger partial charge in [0.25, 0.3) is 0 Å². The molecular weight excluding hydrogens is 228 g/mol. The Bertz CT molecular complexity index is 418. The zero-order valence-corrected chi connectivity index (χ0v) is 10.4. The van der Waals surface area contributed by atoms with Crippen LogP contribution >= 0.6 is 0 Å². The Morgan fingerprint density at radius 3 is 2.61 bits per heavy atom. The van der Waals surface area contributed by atoms with Crippen molar-refractivity contribution in [1.29, 1.82) is 5.26 Å². The predicted octanol–water partition coefficient (Wildman–Crippen LogP) is 1.45. The second-order valence-electron chi connectivity index (χ2n) is 4.85. The molecule has 1 fully saturated rings. The second kappa shape index (κ2) is 5.85. The molecule has 1 aromatic rings. The third-order valence-electron chi connectivity index (χ3n) is 3.35. The Morgan fingerprint density at radius 1 is 1.33 bits per heavy atom. The fourth-order valence-corrected chi connectivity index (χ4v) is 1.86. The molecule has 2 rings (SSSR count). The van der Waals surface area contributed by atoms with Gasteiger partial charge in [0.2, 0.25) is 0 Å². The van der Waals surface area contributed by atoms with Crippen molar-refractivity contribution in [3.05, 3.63) is 29.8 Å². The fourth-order valence-electron chi connectivity index (χ4n) is 1.86. The highest BCUT2D eigenvalue weighted by Crippen LogP contribution is 2.44. The van der Waals surface area contributed by atoms with Crippen molar-refractivity contribution in [3.63, 3.8) is 0 Å². The van der Waals surface area contributed by atoms with Crippen molar-refractivity contribution in [2.45, 2.75) is 19.4 Å². The van der Waals surface area contributed by atoms with Gasteiger partial charge in [0.15, 0.2) is 6.61 Å². The van der Waals surface area contributed by atoms with Gasteiger partial charge in [-0.05, 0) is 30.5 Å². The first-order valence-electron chi connectivity index (χ1n) is 6.18. The summed E-state index contributed by atoms with van der Waals surface area (Å²) in [5.74, 6) is 0.717. The first-order valence-corrected chi connectivity index (χ1v) is 6.18. The minimum atomic E-state index is 0.0800. The number of benzene rings is 1. The zero-order chi connectivity index (χ0) is 12.8. The zero-order valence-electron chi connectivity index (χ0n) is 10.4. The number of aliphatic hydroxyl groups is 1. The molecule has 1 aliphatic rings. The van der Waals surface area contributed by atoms with E-state index in [1.54, 1.807) is 0 Å². The van der Waals surface area contributed by atoms with Crippen molar-refractivity contribution in [2.24, 2.45) is 5.41 Å². The normalized spacial score (nSPS) is 16.0. The van der Waals surface area contributed by atoms with Crippen LogP contribution in [0.2, 0.25) is 0 Å². The van der Waals surface area contributed by atoms with Gasteiger partial charge in [0, 0.05) is 25.1 Å². The highest BCUT2D eigenvalue weighted by Gasteiger charge is 2.41. The van der Waals surface area contributed by atoms with E-state index in [4.69, 9.17) is 10.00 Å². The van der Waals surface area contributed by atoms with E-state index >= 15 is 0 Å². The summed E-state index contributed by atoms with van der Waals surface area (Å²) in [7, 11) is 0. The highest BCUT2D eigenvalue weighted by atomic mass is 16.5. The number of aliphatic hydroxyl groups excluding tert-OH is 1. The second-order valence-corrected chi connectivity index (χ2v) is 4.85. The summed E-state index contributed by atoms with van der Waals surface area (Å²) >= 11 is 0. The summed E-state index contributed by atoms with van der Waals surface area (Å²) in [5, 5.41) is 21.0. The van der Waals surface area contributed by atoms with Crippen molar-refractivity contribution in [3.8, 4) is 11.8 Å². The summed E-state index contributed by atoms with van der Waals surface area (Å²) in [6.07, 6.45) is 2.24. The SMILES string of the molecule is N#CCOc1ccc(CNCC2(CO)CC2)cc1. The van der Waals surface area contributed by atoms with Gasteiger partial charge in [-0.15, -0.1) is 0 Å². The van der Waals surface area contributed by atoms with Crippen LogP contribution < -0.4 is 10.1 Å². The van der Waals surface area contributed by atoms with E-state index in [0.717, 1.165) is 25.9 Å². The molecule has 18 heavy (non-hydrogen) atoms. The summed E-state index contributed by atoms with van der Waals surface area (Å²) in [6, 6.07) is 9.64. The molecule has 4 nitrogen and oxygen atoms in total. The minimum absolute atomic E-state index is 0.0800. The van der Waals surface area contributed by atoms with Crippen LogP contribution in [0.3, 0.4) is 0 Å². The van der Waals surface area contributed by atoms with Crippen LogP contribution in [0.25, 0.3) is 0 Å². The number of hydrogen-bond donors (Lipinski definition) is 2. The van der Waals surface area contributed by atoms with Gasteiger partial charge in [-0.3, -0.25) is 0 Å². The van der Waals surface area contributed by atoms with Crippen LogP contribution in [0.5, 0.6) is 5.75 Å². The Hall–Kier alpha value is -1.57. The molecule has 0 atom stereocenters. The van der Waals surface area contributed by atoms with Crippen LogP contribution in [0.1, 0.15) is 18.4 Å². The molecule has 0 radical (unpaired) electrons. The number of nitrogens with one attached hydrogen (secondary N) is 1. The minimum Gasteiger partial charge on any atom is -0.479 e. The largest absolute Gasteiger partial charge is 0.479 e. The van der Waals surface area contributed by atoms with Crippen molar-refractivity contribution in [1.82, 2.24) is 5.32 Å². The van der Waals surface area contributed by atoms with Gasteiger partial charge in [0.05, 0.1) is 0 Å². The fraction of sp³-hybridized carbons (Fsp3) is 0.500. The Balaban J connectivity index is 1.74. The molecule has 0 bridgehead atoms. The molecule has 1 saturated carbocycles. The lowest BCUT2D eigenvalue weighted by molar-refractivity contribution is 0.207. The van der Waals surface area contributed by atoms with Crippen molar-refractivity contribution in [2.75, 3.05) is 19.8 Å². The Labute approximate surface area is 107 Å². The van der Waals surface area contributed by atoms with Gasteiger partial charge in [-0.25, -0.2) is 0 Å². The average molecular weight is 246 g/mol. The maximum absolute atomic E-state index is 9.19. The molecule has 0 saturated heterocycles. The van der Waals surface area contributed by atoms with Crippen molar-refractivity contribution >= 4 is 0 Å². The maximum atomic E-state index is 9.19. The molecule has 0 aliphatic heterocycles. The molecule has 0 amide bonds. The third-order valence-corrected chi connectivity index (χ3v) is 3.35. The Kier molecular flexibility index (Phi) is 4.19. The molecule has 4 heteroatoms. The van der Waals surface area contributed by atoms with E-state index in [1.807, 2.05) is 30.3 Å². The summed E-state index contributed by atoms with van der Waals surface area (Å²) in [6.45, 7) is 2.02. The quantitative estimate of drug-likeness (QED) is 0.764. The van der Waals surface area contributed by atoms with E-state index in [1.165, 1.54) is 5.56 Å². The maximum Gasteiger partial charge on any atom is 0.174 e. The number of rotatable bonds is 7. The molecule has 0 unspecified atom stereocenters. The van der Waals surface area contributed by atoms with E-state index in [0.29, 0.717) is 5.75 Å². The molecule has 1 aliphatic carbocycles. The van der Waals surface area contributed by atoms with Crippen LogP contribution in [-0.2, 0) is 6.54 Å². The molecule has 2 N–H and O–H groups in total. The number of nitrogens with zero attached hydrogens (tertiary/aromatic N) is 1. The molecule has 96 valence electrons. The van der Waals surface area contributed by atoms with E-state index in [2.05, 4.69) is 5.32 Å².